The number of pyridine rings is 1. The molecule has 3 aromatic rings. The average Bonchev–Trinajstić information content (AvgIpc) is 3.34. The van der Waals surface area contributed by atoms with Crippen LogP contribution in [0.4, 0.5) is 30.2 Å². The minimum atomic E-state index is -4.59. The standard InChI is InChI=1S/C23H24F3N7O2S/c1-29-22(21(28)35)5-8-33(9-6-22)17-3-2-14(27)11-15(17)31-19(34)16-12-36-20(32-16)13-4-7-30-18(10-13)23(24,25)26/h2-4,7,10-12,29H,5-6,8-9,27H2,1H3,(H2,28,35)(H,31,34). The molecular weight excluding hydrogens is 495 g/mol. The van der Waals surface area contributed by atoms with Gasteiger partial charge in [0.1, 0.15) is 21.9 Å². The fourth-order valence-corrected chi connectivity index (χ4v) is 4.89. The second kappa shape index (κ2) is 9.74. The van der Waals surface area contributed by atoms with Crippen molar-refractivity contribution in [2.45, 2.75) is 24.6 Å². The lowest BCUT2D eigenvalue weighted by molar-refractivity contribution is -0.141. The van der Waals surface area contributed by atoms with E-state index < -0.39 is 29.2 Å². The molecule has 2 aromatic heterocycles. The normalized spacial score (nSPS) is 15.5. The monoisotopic (exact) mass is 519 g/mol. The molecule has 190 valence electrons. The van der Waals surface area contributed by atoms with E-state index in [4.69, 9.17) is 11.5 Å². The van der Waals surface area contributed by atoms with Gasteiger partial charge in [0.15, 0.2) is 0 Å². The summed E-state index contributed by atoms with van der Waals surface area (Å²) in [6.45, 7) is 1.03. The number of primary amides is 1. The van der Waals surface area contributed by atoms with Crippen LogP contribution in [0.2, 0.25) is 0 Å². The molecule has 1 aliphatic rings. The Bertz CT molecular complexity index is 1290. The third-order valence-corrected chi connectivity index (χ3v) is 7.10. The van der Waals surface area contributed by atoms with E-state index in [1.807, 2.05) is 4.90 Å². The third kappa shape index (κ3) is 5.11. The number of carbonyl (C=O) groups is 2. The third-order valence-electron chi connectivity index (χ3n) is 6.21. The highest BCUT2D eigenvalue weighted by Crippen LogP contribution is 2.34. The Morgan fingerprint density at radius 1 is 1.17 bits per heavy atom. The number of carbonyl (C=O) groups excluding carboxylic acids is 2. The molecule has 0 aliphatic carbocycles. The first-order valence-corrected chi connectivity index (χ1v) is 11.8. The molecule has 1 aliphatic heterocycles. The Balaban J connectivity index is 1.53. The first kappa shape index (κ1) is 25.4. The lowest BCUT2D eigenvalue weighted by Gasteiger charge is -2.41. The molecular formula is C23H24F3N7O2S. The number of nitrogens with two attached hydrogens (primary N) is 2. The largest absolute Gasteiger partial charge is 0.433 e. The van der Waals surface area contributed by atoms with Crippen molar-refractivity contribution in [1.29, 1.82) is 0 Å². The van der Waals surface area contributed by atoms with Crippen LogP contribution < -0.4 is 27.0 Å². The summed E-state index contributed by atoms with van der Waals surface area (Å²) >= 11 is 1.05. The minimum absolute atomic E-state index is 0.0512. The topological polar surface area (TPSA) is 139 Å². The maximum Gasteiger partial charge on any atom is 0.433 e. The molecule has 9 nitrogen and oxygen atoms in total. The molecule has 1 aromatic carbocycles. The first-order chi connectivity index (χ1) is 17.0. The Kier molecular flexibility index (Phi) is 6.87. The van der Waals surface area contributed by atoms with Gasteiger partial charge < -0.3 is 27.0 Å². The lowest BCUT2D eigenvalue weighted by atomic mass is 9.86. The molecule has 2 amide bonds. The average molecular weight is 520 g/mol. The van der Waals surface area contributed by atoms with E-state index in [1.165, 1.54) is 11.4 Å². The molecule has 0 saturated carbocycles. The molecule has 1 fully saturated rings. The van der Waals surface area contributed by atoms with Crippen molar-refractivity contribution >= 4 is 40.2 Å². The van der Waals surface area contributed by atoms with Gasteiger partial charge in [-0.2, -0.15) is 13.2 Å². The van der Waals surface area contributed by atoms with Gasteiger partial charge in [0.05, 0.1) is 11.4 Å². The van der Waals surface area contributed by atoms with Gasteiger partial charge in [-0.25, -0.2) is 4.98 Å². The van der Waals surface area contributed by atoms with E-state index >= 15 is 0 Å². The van der Waals surface area contributed by atoms with Crippen LogP contribution in [-0.4, -0.2) is 47.5 Å². The molecule has 1 saturated heterocycles. The van der Waals surface area contributed by atoms with Gasteiger partial charge in [0, 0.05) is 35.9 Å². The summed E-state index contributed by atoms with van der Waals surface area (Å²) in [6, 6.07) is 7.40. The van der Waals surface area contributed by atoms with Crippen LogP contribution in [-0.2, 0) is 11.0 Å². The molecule has 0 atom stereocenters. The van der Waals surface area contributed by atoms with Crippen molar-refractivity contribution in [2.75, 3.05) is 36.1 Å². The zero-order chi connectivity index (χ0) is 26.1. The van der Waals surface area contributed by atoms with Crippen molar-refractivity contribution in [3.8, 4) is 10.6 Å². The van der Waals surface area contributed by atoms with E-state index in [-0.39, 0.29) is 16.3 Å². The molecule has 0 spiro atoms. The van der Waals surface area contributed by atoms with Gasteiger partial charge >= 0.3 is 6.18 Å². The van der Waals surface area contributed by atoms with Crippen LogP contribution in [0.3, 0.4) is 0 Å². The van der Waals surface area contributed by atoms with E-state index in [0.29, 0.717) is 43.0 Å². The molecule has 0 bridgehead atoms. The number of benzene rings is 1. The number of nitrogen functional groups attached to an aromatic ring is 1. The Morgan fingerprint density at radius 3 is 2.53 bits per heavy atom. The van der Waals surface area contributed by atoms with Gasteiger partial charge in [-0.1, -0.05) is 0 Å². The van der Waals surface area contributed by atoms with Gasteiger partial charge in [0.25, 0.3) is 5.91 Å². The summed E-state index contributed by atoms with van der Waals surface area (Å²) in [6.07, 6.45) is -2.57. The summed E-state index contributed by atoms with van der Waals surface area (Å²) in [5, 5.41) is 7.56. The fraction of sp³-hybridized carbons (Fsp3) is 0.304. The minimum Gasteiger partial charge on any atom is -0.399 e. The van der Waals surface area contributed by atoms with Crippen LogP contribution in [0.5, 0.6) is 0 Å². The number of nitrogens with one attached hydrogen (secondary N) is 2. The number of likely N-dealkylation sites (N-methyl/N-ethyl adjacent to an activating group) is 1. The quantitative estimate of drug-likeness (QED) is 0.367. The van der Waals surface area contributed by atoms with Crippen LogP contribution in [0.25, 0.3) is 10.6 Å². The van der Waals surface area contributed by atoms with E-state index in [9.17, 15) is 22.8 Å². The van der Waals surface area contributed by atoms with Gasteiger partial charge in [-0.05, 0) is 50.2 Å². The first-order valence-electron chi connectivity index (χ1n) is 11.0. The summed E-state index contributed by atoms with van der Waals surface area (Å²) < 4.78 is 39.0. The number of anilines is 3. The highest BCUT2D eigenvalue weighted by molar-refractivity contribution is 7.13. The highest BCUT2D eigenvalue weighted by Gasteiger charge is 2.39. The van der Waals surface area contributed by atoms with E-state index in [0.717, 1.165) is 23.6 Å². The van der Waals surface area contributed by atoms with Gasteiger partial charge in [-0.3, -0.25) is 14.6 Å². The van der Waals surface area contributed by atoms with Crippen molar-refractivity contribution in [3.63, 3.8) is 0 Å². The van der Waals surface area contributed by atoms with Crippen LogP contribution in [0, 0.1) is 0 Å². The van der Waals surface area contributed by atoms with E-state index in [2.05, 4.69) is 20.6 Å². The SMILES string of the molecule is CNC1(C(N)=O)CCN(c2ccc(N)cc2NC(=O)c2csc(-c3ccnc(C(F)(F)F)c3)n2)CC1. The Labute approximate surface area is 208 Å². The second-order valence-corrected chi connectivity index (χ2v) is 9.24. The van der Waals surface area contributed by atoms with Crippen LogP contribution in [0.15, 0.2) is 41.9 Å². The number of halogens is 3. The molecule has 0 unspecified atom stereocenters. The van der Waals surface area contributed by atoms with Gasteiger partial charge in [0.2, 0.25) is 5.91 Å². The summed E-state index contributed by atoms with van der Waals surface area (Å²) in [5.74, 6) is -0.945. The zero-order valence-electron chi connectivity index (χ0n) is 19.2. The fourth-order valence-electron chi connectivity index (χ4n) is 4.09. The summed E-state index contributed by atoms with van der Waals surface area (Å²) in [4.78, 5) is 34.5. The molecule has 0 radical (unpaired) electrons. The number of alkyl halides is 3. The highest BCUT2D eigenvalue weighted by atomic mass is 32.1. The maximum atomic E-state index is 13.0. The van der Waals surface area contributed by atoms with Crippen molar-refractivity contribution in [2.24, 2.45) is 5.73 Å². The predicted molar refractivity (Wildman–Crippen MR) is 132 cm³/mol. The molecule has 13 heteroatoms. The molecule has 4 rings (SSSR count). The molecule has 36 heavy (non-hydrogen) atoms. The number of aromatic nitrogens is 2. The number of hydrogen-bond donors (Lipinski definition) is 4. The molecule has 6 N–H and O–H groups in total. The van der Waals surface area contributed by atoms with Gasteiger partial charge in [-0.15, -0.1) is 11.3 Å². The Morgan fingerprint density at radius 2 is 1.89 bits per heavy atom. The van der Waals surface area contributed by atoms with E-state index in [1.54, 1.807) is 25.2 Å². The number of piperidine rings is 1. The predicted octanol–water partition coefficient (Wildman–Crippen LogP) is 3.10. The van der Waals surface area contributed by atoms with Crippen LogP contribution in [0.1, 0.15) is 29.0 Å². The number of nitrogens with zero attached hydrogens (tertiary/aromatic N) is 3. The van der Waals surface area contributed by atoms with Crippen LogP contribution >= 0.6 is 11.3 Å². The second-order valence-electron chi connectivity index (χ2n) is 8.38. The van der Waals surface area contributed by atoms with Crippen molar-refractivity contribution < 1.29 is 22.8 Å². The lowest BCUT2D eigenvalue weighted by Crippen LogP contribution is -2.59. The number of thiazole rings is 1. The summed E-state index contributed by atoms with van der Waals surface area (Å²) in [7, 11) is 1.70. The number of hydrogen-bond acceptors (Lipinski definition) is 8. The zero-order valence-corrected chi connectivity index (χ0v) is 20.0. The molecule has 3 heterocycles. The Hall–Kier alpha value is -3.71. The number of amides is 2. The number of rotatable bonds is 6. The van der Waals surface area contributed by atoms with Crippen molar-refractivity contribution in [1.82, 2.24) is 15.3 Å². The smallest absolute Gasteiger partial charge is 0.399 e. The van der Waals surface area contributed by atoms with Crippen molar-refractivity contribution in [3.05, 3.63) is 53.3 Å². The summed E-state index contributed by atoms with van der Waals surface area (Å²) in [5.41, 5.74) is 11.6. The maximum absolute atomic E-state index is 13.0.